The standard InChI is InChI=1S/C18H17ClN2O4/c19-14-5-2-1-4-12(14)10-20-11-13(7-8-16(20)22)17(23)21-9-3-6-15(21)18(24)25/h1-2,4-5,7-8,11,15H,3,6,9-10H2,(H,24,25)/t15-/m0/s1. The Balaban J connectivity index is 1.89. The molecule has 0 bridgehead atoms. The van der Waals surface area contributed by atoms with Gasteiger partial charge in [0.15, 0.2) is 0 Å². The molecule has 1 N–H and O–H groups in total. The third-order valence-corrected chi connectivity index (χ3v) is 4.70. The van der Waals surface area contributed by atoms with E-state index >= 15 is 0 Å². The fraction of sp³-hybridized carbons (Fsp3) is 0.278. The summed E-state index contributed by atoms with van der Waals surface area (Å²) in [5, 5.41) is 9.78. The number of carbonyl (C=O) groups excluding carboxylic acids is 1. The van der Waals surface area contributed by atoms with Crippen LogP contribution in [-0.4, -0.2) is 39.0 Å². The lowest BCUT2D eigenvalue weighted by Crippen LogP contribution is -2.40. The first-order chi connectivity index (χ1) is 12.0. The van der Waals surface area contributed by atoms with Crippen molar-refractivity contribution in [2.45, 2.75) is 25.4 Å². The zero-order valence-electron chi connectivity index (χ0n) is 13.4. The van der Waals surface area contributed by atoms with Crippen LogP contribution in [0.15, 0.2) is 47.4 Å². The van der Waals surface area contributed by atoms with Crippen molar-refractivity contribution in [3.8, 4) is 0 Å². The lowest BCUT2D eigenvalue weighted by Gasteiger charge is -2.21. The summed E-state index contributed by atoms with van der Waals surface area (Å²) < 4.78 is 1.40. The van der Waals surface area contributed by atoms with Crippen molar-refractivity contribution in [1.82, 2.24) is 9.47 Å². The first-order valence-corrected chi connectivity index (χ1v) is 8.33. The van der Waals surface area contributed by atoms with Gasteiger partial charge >= 0.3 is 5.97 Å². The number of hydrogen-bond acceptors (Lipinski definition) is 3. The van der Waals surface area contributed by atoms with Crippen molar-refractivity contribution in [3.05, 3.63) is 69.1 Å². The number of carboxylic acids is 1. The van der Waals surface area contributed by atoms with Crippen molar-refractivity contribution in [1.29, 1.82) is 0 Å². The minimum Gasteiger partial charge on any atom is -0.480 e. The third kappa shape index (κ3) is 3.58. The molecule has 1 aliphatic rings. The van der Waals surface area contributed by atoms with E-state index in [0.717, 1.165) is 5.56 Å². The molecule has 0 spiro atoms. The van der Waals surface area contributed by atoms with Gasteiger partial charge in [-0.2, -0.15) is 0 Å². The van der Waals surface area contributed by atoms with Crippen LogP contribution in [0.3, 0.4) is 0 Å². The number of nitrogens with zero attached hydrogens (tertiary/aromatic N) is 2. The topological polar surface area (TPSA) is 79.6 Å². The number of carboxylic acid groups (broad SMARTS) is 1. The Morgan fingerprint density at radius 2 is 1.96 bits per heavy atom. The molecule has 0 aliphatic carbocycles. The molecule has 25 heavy (non-hydrogen) atoms. The number of benzene rings is 1. The quantitative estimate of drug-likeness (QED) is 0.906. The molecule has 1 aromatic carbocycles. The highest BCUT2D eigenvalue weighted by Crippen LogP contribution is 2.20. The van der Waals surface area contributed by atoms with Gasteiger partial charge in [-0.1, -0.05) is 29.8 Å². The highest BCUT2D eigenvalue weighted by molar-refractivity contribution is 6.31. The second kappa shape index (κ2) is 7.11. The molecular formula is C18H17ClN2O4. The second-order valence-corrected chi connectivity index (χ2v) is 6.38. The number of likely N-dealkylation sites (tertiary alicyclic amines) is 1. The molecule has 3 rings (SSSR count). The molecule has 1 atom stereocenters. The Hall–Kier alpha value is -2.60. The van der Waals surface area contributed by atoms with E-state index in [4.69, 9.17) is 11.6 Å². The Kier molecular flexibility index (Phi) is 4.90. The SMILES string of the molecule is O=C(O)[C@@H]1CCCN1C(=O)c1ccc(=O)n(Cc2ccccc2Cl)c1. The van der Waals surface area contributed by atoms with E-state index < -0.39 is 12.0 Å². The van der Waals surface area contributed by atoms with E-state index in [0.29, 0.717) is 30.0 Å². The molecular weight excluding hydrogens is 344 g/mol. The fourth-order valence-corrected chi connectivity index (χ4v) is 3.22. The first-order valence-electron chi connectivity index (χ1n) is 7.95. The maximum Gasteiger partial charge on any atom is 0.326 e. The van der Waals surface area contributed by atoms with E-state index in [1.807, 2.05) is 12.1 Å². The number of pyridine rings is 1. The zero-order valence-corrected chi connectivity index (χ0v) is 14.1. The largest absolute Gasteiger partial charge is 0.480 e. The third-order valence-electron chi connectivity index (χ3n) is 4.33. The average Bonchev–Trinajstić information content (AvgIpc) is 3.08. The maximum absolute atomic E-state index is 12.7. The van der Waals surface area contributed by atoms with E-state index in [1.165, 1.54) is 27.8 Å². The Labute approximate surface area is 149 Å². The molecule has 2 aromatic rings. The van der Waals surface area contributed by atoms with Gasteiger partial charge < -0.3 is 14.6 Å². The number of carbonyl (C=O) groups is 2. The van der Waals surface area contributed by atoms with Crippen LogP contribution in [-0.2, 0) is 11.3 Å². The molecule has 1 aliphatic heterocycles. The molecule has 1 amide bonds. The monoisotopic (exact) mass is 360 g/mol. The van der Waals surface area contributed by atoms with Crippen LogP contribution >= 0.6 is 11.6 Å². The predicted octanol–water partition coefficient (Wildman–Crippen LogP) is 2.24. The van der Waals surface area contributed by atoms with Crippen LogP contribution in [0.4, 0.5) is 0 Å². The van der Waals surface area contributed by atoms with E-state index in [2.05, 4.69) is 0 Å². The van der Waals surface area contributed by atoms with E-state index in [1.54, 1.807) is 12.1 Å². The van der Waals surface area contributed by atoms with E-state index in [9.17, 15) is 19.5 Å². The molecule has 0 saturated carbocycles. The van der Waals surface area contributed by atoms with E-state index in [-0.39, 0.29) is 18.0 Å². The smallest absolute Gasteiger partial charge is 0.326 e. The molecule has 0 radical (unpaired) electrons. The van der Waals surface area contributed by atoms with Crippen LogP contribution in [0, 0.1) is 0 Å². The van der Waals surface area contributed by atoms with Crippen molar-refractivity contribution < 1.29 is 14.7 Å². The molecule has 130 valence electrons. The summed E-state index contributed by atoms with van der Waals surface area (Å²) in [6.07, 6.45) is 2.56. The molecule has 6 nitrogen and oxygen atoms in total. The average molecular weight is 361 g/mol. The van der Waals surface area contributed by atoms with Gasteiger partial charge in [0.2, 0.25) is 0 Å². The summed E-state index contributed by atoms with van der Waals surface area (Å²) in [5.74, 6) is -1.38. The van der Waals surface area contributed by atoms with Crippen LogP contribution in [0.1, 0.15) is 28.8 Å². The van der Waals surface area contributed by atoms with Gasteiger partial charge in [0.1, 0.15) is 6.04 Å². The summed E-state index contributed by atoms with van der Waals surface area (Å²) >= 11 is 6.13. The van der Waals surface area contributed by atoms with Gasteiger partial charge in [0.25, 0.3) is 11.5 Å². The van der Waals surface area contributed by atoms with Gasteiger partial charge in [-0.15, -0.1) is 0 Å². The predicted molar refractivity (Wildman–Crippen MR) is 93.0 cm³/mol. The Morgan fingerprint density at radius 3 is 2.68 bits per heavy atom. The molecule has 1 aromatic heterocycles. The van der Waals surface area contributed by atoms with Crippen LogP contribution in [0.5, 0.6) is 0 Å². The zero-order chi connectivity index (χ0) is 18.0. The first kappa shape index (κ1) is 17.2. The lowest BCUT2D eigenvalue weighted by molar-refractivity contribution is -0.141. The Bertz CT molecular complexity index is 877. The second-order valence-electron chi connectivity index (χ2n) is 5.97. The molecule has 1 fully saturated rings. The summed E-state index contributed by atoms with van der Waals surface area (Å²) in [6, 6.07) is 9.11. The van der Waals surface area contributed by atoms with Crippen LogP contribution < -0.4 is 5.56 Å². The maximum atomic E-state index is 12.7. The normalized spacial score (nSPS) is 16.8. The number of halogens is 1. The Morgan fingerprint density at radius 1 is 1.20 bits per heavy atom. The highest BCUT2D eigenvalue weighted by atomic mass is 35.5. The van der Waals surface area contributed by atoms with Crippen molar-refractivity contribution >= 4 is 23.5 Å². The van der Waals surface area contributed by atoms with Crippen molar-refractivity contribution in [2.75, 3.05) is 6.54 Å². The molecule has 2 heterocycles. The molecule has 7 heteroatoms. The number of aliphatic carboxylic acids is 1. The van der Waals surface area contributed by atoms with Gasteiger partial charge in [-0.25, -0.2) is 4.79 Å². The minimum absolute atomic E-state index is 0.238. The number of amides is 1. The minimum atomic E-state index is -1.00. The molecule has 1 saturated heterocycles. The number of hydrogen-bond donors (Lipinski definition) is 1. The van der Waals surface area contributed by atoms with Gasteiger partial charge in [-0.3, -0.25) is 9.59 Å². The number of rotatable bonds is 4. The summed E-state index contributed by atoms with van der Waals surface area (Å²) in [5.41, 5.74) is 0.799. The van der Waals surface area contributed by atoms with Crippen LogP contribution in [0.2, 0.25) is 5.02 Å². The summed E-state index contributed by atoms with van der Waals surface area (Å²) in [6.45, 7) is 0.640. The fourth-order valence-electron chi connectivity index (χ4n) is 3.02. The number of aromatic nitrogens is 1. The van der Waals surface area contributed by atoms with Crippen molar-refractivity contribution in [3.63, 3.8) is 0 Å². The van der Waals surface area contributed by atoms with Crippen LogP contribution in [0.25, 0.3) is 0 Å². The van der Waals surface area contributed by atoms with Gasteiger partial charge in [0.05, 0.1) is 12.1 Å². The van der Waals surface area contributed by atoms with Crippen molar-refractivity contribution in [2.24, 2.45) is 0 Å². The summed E-state index contributed by atoms with van der Waals surface area (Å²) in [7, 11) is 0. The lowest BCUT2D eigenvalue weighted by atomic mass is 10.2. The highest BCUT2D eigenvalue weighted by Gasteiger charge is 2.34. The molecule has 0 unspecified atom stereocenters. The summed E-state index contributed by atoms with van der Waals surface area (Å²) in [4.78, 5) is 37.4. The van der Waals surface area contributed by atoms with Gasteiger partial charge in [-0.05, 0) is 30.5 Å². The van der Waals surface area contributed by atoms with Gasteiger partial charge in [0, 0.05) is 23.8 Å².